The third-order valence-electron chi connectivity index (χ3n) is 2.89. The lowest BCUT2D eigenvalue weighted by Crippen LogP contribution is -2.02. The fourth-order valence-electron chi connectivity index (χ4n) is 2.00. The smallest absolute Gasteiger partial charge is 0.125 e. The van der Waals surface area contributed by atoms with E-state index in [9.17, 15) is 0 Å². The summed E-state index contributed by atoms with van der Waals surface area (Å²) in [5.41, 5.74) is 7.89. The Hall–Kier alpha value is -0.730. The molecule has 1 aromatic carbocycles. The lowest BCUT2D eigenvalue weighted by molar-refractivity contribution is 0.401. The second-order valence-electron chi connectivity index (χ2n) is 4.59. The third-order valence-corrected chi connectivity index (χ3v) is 3.10. The topological polar surface area (TPSA) is 35.2 Å². The summed E-state index contributed by atoms with van der Waals surface area (Å²) in [6, 6.07) is 4.00. The Kier molecular flexibility index (Phi) is 5.79. The average Bonchev–Trinajstić information content (AvgIpc) is 2.28. The van der Waals surface area contributed by atoms with Gasteiger partial charge in [-0.15, -0.1) is 0 Å². The zero-order valence-electron chi connectivity index (χ0n) is 10.9. The van der Waals surface area contributed by atoms with Gasteiger partial charge in [-0.1, -0.05) is 25.4 Å². The molecule has 2 nitrogen and oxygen atoms in total. The molecule has 96 valence electrons. The Morgan fingerprint density at radius 3 is 2.53 bits per heavy atom. The van der Waals surface area contributed by atoms with Crippen LogP contribution in [-0.4, -0.2) is 13.7 Å². The SMILES string of the molecule is COc1c(CCCCN)cc(Cl)cc1C(C)C. The van der Waals surface area contributed by atoms with E-state index in [1.54, 1.807) is 7.11 Å². The average molecular weight is 256 g/mol. The number of halogens is 1. The molecule has 0 unspecified atom stereocenters. The highest BCUT2D eigenvalue weighted by molar-refractivity contribution is 6.30. The van der Waals surface area contributed by atoms with Gasteiger partial charge in [0.1, 0.15) is 5.75 Å². The largest absolute Gasteiger partial charge is 0.496 e. The third kappa shape index (κ3) is 3.90. The number of hydrogen-bond donors (Lipinski definition) is 1. The number of methoxy groups -OCH3 is 1. The van der Waals surface area contributed by atoms with E-state index in [0.717, 1.165) is 36.6 Å². The molecule has 0 heterocycles. The molecule has 0 atom stereocenters. The van der Waals surface area contributed by atoms with Crippen molar-refractivity contribution in [2.75, 3.05) is 13.7 Å². The molecule has 0 aliphatic carbocycles. The molecule has 0 saturated heterocycles. The number of ether oxygens (including phenoxy) is 1. The van der Waals surface area contributed by atoms with Gasteiger partial charge in [-0.05, 0) is 55.0 Å². The first-order valence-electron chi connectivity index (χ1n) is 6.16. The van der Waals surface area contributed by atoms with Gasteiger partial charge in [-0.25, -0.2) is 0 Å². The van der Waals surface area contributed by atoms with Crippen LogP contribution in [0.3, 0.4) is 0 Å². The Morgan fingerprint density at radius 2 is 2.00 bits per heavy atom. The summed E-state index contributed by atoms with van der Waals surface area (Å²) < 4.78 is 5.53. The number of unbranched alkanes of at least 4 members (excludes halogenated alkanes) is 1. The van der Waals surface area contributed by atoms with E-state index in [1.807, 2.05) is 12.1 Å². The van der Waals surface area contributed by atoms with Crippen LogP contribution in [0.15, 0.2) is 12.1 Å². The quantitative estimate of drug-likeness (QED) is 0.786. The molecule has 0 radical (unpaired) electrons. The summed E-state index contributed by atoms with van der Waals surface area (Å²) >= 11 is 6.16. The number of hydrogen-bond acceptors (Lipinski definition) is 2. The summed E-state index contributed by atoms with van der Waals surface area (Å²) in [5.74, 6) is 1.40. The summed E-state index contributed by atoms with van der Waals surface area (Å²) in [4.78, 5) is 0. The van der Waals surface area contributed by atoms with Crippen LogP contribution in [0.2, 0.25) is 5.02 Å². The molecule has 3 heteroatoms. The van der Waals surface area contributed by atoms with Crippen LogP contribution in [0.5, 0.6) is 5.75 Å². The van der Waals surface area contributed by atoms with Gasteiger partial charge >= 0.3 is 0 Å². The maximum Gasteiger partial charge on any atom is 0.125 e. The highest BCUT2D eigenvalue weighted by atomic mass is 35.5. The number of aryl methyl sites for hydroxylation is 1. The van der Waals surface area contributed by atoms with E-state index in [4.69, 9.17) is 22.1 Å². The lowest BCUT2D eigenvalue weighted by atomic mass is 9.96. The van der Waals surface area contributed by atoms with Crippen LogP contribution in [0.25, 0.3) is 0 Å². The van der Waals surface area contributed by atoms with E-state index in [0.29, 0.717) is 5.92 Å². The van der Waals surface area contributed by atoms with Gasteiger partial charge in [0.15, 0.2) is 0 Å². The second-order valence-corrected chi connectivity index (χ2v) is 5.02. The van der Waals surface area contributed by atoms with Gasteiger partial charge in [-0.3, -0.25) is 0 Å². The van der Waals surface area contributed by atoms with Crippen molar-refractivity contribution in [3.63, 3.8) is 0 Å². The van der Waals surface area contributed by atoms with E-state index in [2.05, 4.69) is 13.8 Å². The normalized spacial score (nSPS) is 10.9. The molecule has 0 fully saturated rings. The fraction of sp³-hybridized carbons (Fsp3) is 0.571. The van der Waals surface area contributed by atoms with E-state index in [1.165, 1.54) is 11.1 Å². The molecule has 0 aliphatic rings. The molecule has 17 heavy (non-hydrogen) atoms. The van der Waals surface area contributed by atoms with Crippen molar-refractivity contribution >= 4 is 11.6 Å². The van der Waals surface area contributed by atoms with Crippen molar-refractivity contribution in [3.05, 3.63) is 28.3 Å². The van der Waals surface area contributed by atoms with Crippen LogP contribution in [-0.2, 0) is 6.42 Å². The Bertz CT molecular complexity index is 363. The first kappa shape index (κ1) is 14.3. The zero-order chi connectivity index (χ0) is 12.8. The van der Waals surface area contributed by atoms with E-state index in [-0.39, 0.29) is 0 Å². The summed E-state index contributed by atoms with van der Waals surface area (Å²) in [6.45, 7) is 5.04. The molecule has 2 N–H and O–H groups in total. The molecule has 0 spiro atoms. The maximum absolute atomic E-state index is 6.16. The second kappa shape index (κ2) is 6.87. The first-order chi connectivity index (χ1) is 8.10. The molecular formula is C14H22ClNO. The predicted octanol–water partition coefficient (Wildman–Crippen LogP) is 3.75. The summed E-state index contributed by atoms with van der Waals surface area (Å²) in [6.07, 6.45) is 3.08. The molecular weight excluding hydrogens is 234 g/mol. The van der Waals surface area contributed by atoms with Gasteiger partial charge in [0.25, 0.3) is 0 Å². The van der Waals surface area contributed by atoms with E-state index < -0.39 is 0 Å². The molecule has 0 aliphatic heterocycles. The van der Waals surface area contributed by atoms with Crippen molar-refractivity contribution < 1.29 is 4.74 Å². The van der Waals surface area contributed by atoms with Gasteiger partial charge in [-0.2, -0.15) is 0 Å². The highest BCUT2D eigenvalue weighted by Crippen LogP contribution is 2.34. The summed E-state index contributed by atoms with van der Waals surface area (Å²) in [7, 11) is 1.72. The van der Waals surface area contributed by atoms with Gasteiger partial charge < -0.3 is 10.5 Å². The number of nitrogens with two attached hydrogens (primary N) is 1. The van der Waals surface area contributed by atoms with Crippen LogP contribution < -0.4 is 10.5 Å². The van der Waals surface area contributed by atoms with Crippen molar-refractivity contribution in [3.8, 4) is 5.75 Å². The Balaban J connectivity index is 3.01. The Morgan fingerprint density at radius 1 is 1.29 bits per heavy atom. The van der Waals surface area contributed by atoms with E-state index >= 15 is 0 Å². The van der Waals surface area contributed by atoms with Gasteiger partial charge in [0.05, 0.1) is 7.11 Å². The molecule has 0 saturated carbocycles. The molecule has 1 aromatic rings. The monoisotopic (exact) mass is 255 g/mol. The van der Waals surface area contributed by atoms with Crippen molar-refractivity contribution in [1.82, 2.24) is 0 Å². The predicted molar refractivity (Wildman–Crippen MR) is 74.1 cm³/mol. The molecule has 1 rings (SSSR count). The minimum atomic E-state index is 0.414. The van der Waals surface area contributed by atoms with Crippen LogP contribution in [0, 0.1) is 0 Å². The highest BCUT2D eigenvalue weighted by Gasteiger charge is 2.13. The standard InChI is InChI=1S/C14H22ClNO/c1-10(2)13-9-12(15)8-11(14(13)17-3)6-4-5-7-16/h8-10H,4-7,16H2,1-3H3. The summed E-state index contributed by atoms with van der Waals surface area (Å²) in [5, 5.41) is 0.789. The van der Waals surface area contributed by atoms with Crippen LogP contribution in [0.1, 0.15) is 43.7 Å². The fourth-order valence-corrected chi connectivity index (χ4v) is 2.25. The number of benzene rings is 1. The lowest BCUT2D eigenvalue weighted by Gasteiger charge is -2.16. The van der Waals surface area contributed by atoms with Crippen LogP contribution in [0.4, 0.5) is 0 Å². The first-order valence-corrected chi connectivity index (χ1v) is 6.54. The zero-order valence-corrected chi connectivity index (χ0v) is 11.7. The maximum atomic E-state index is 6.16. The molecule has 0 bridgehead atoms. The van der Waals surface area contributed by atoms with Crippen molar-refractivity contribution in [1.29, 1.82) is 0 Å². The van der Waals surface area contributed by atoms with Crippen molar-refractivity contribution in [2.24, 2.45) is 5.73 Å². The van der Waals surface area contributed by atoms with Crippen molar-refractivity contribution in [2.45, 2.75) is 39.0 Å². The minimum Gasteiger partial charge on any atom is -0.496 e. The molecule has 0 amide bonds. The van der Waals surface area contributed by atoms with Crippen LogP contribution >= 0.6 is 11.6 Å². The molecule has 0 aromatic heterocycles. The minimum absolute atomic E-state index is 0.414. The Labute approximate surface area is 109 Å². The van der Waals surface area contributed by atoms with Gasteiger partial charge in [0.2, 0.25) is 0 Å². The number of rotatable bonds is 6. The van der Waals surface area contributed by atoms with Gasteiger partial charge in [0, 0.05) is 5.02 Å².